The Hall–Kier alpha value is -2.62. The normalized spacial score (nSPS) is 18.6. The lowest BCUT2D eigenvalue weighted by Gasteiger charge is -2.43. The second kappa shape index (κ2) is 8.62. The van der Waals surface area contributed by atoms with Crippen LogP contribution < -0.4 is 4.74 Å². The number of ether oxygens (including phenoxy) is 1. The van der Waals surface area contributed by atoms with Gasteiger partial charge in [-0.25, -0.2) is 8.42 Å². The number of para-hydroxylation sites is 1. The van der Waals surface area contributed by atoms with Crippen molar-refractivity contribution in [3.8, 4) is 5.75 Å². The highest BCUT2D eigenvalue weighted by atomic mass is 32.2. The second-order valence-electron chi connectivity index (χ2n) is 8.22. The van der Waals surface area contributed by atoms with Gasteiger partial charge in [-0.05, 0) is 43.2 Å². The maximum atomic E-state index is 13.5. The van der Waals surface area contributed by atoms with Crippen LogP contribution in [0.4, 0.5) is 0 Å². The van der Waals surface area contributed by atoms with Crippen LogP contribution in [0.5, 0.6) is 5.75 Å². The minimum Gasteiger partial charge on any atom is -0.497 e. The van der Waals surface area contributed by atoms with Gasteiger partial charge < -0.3 is 9.64 Å². The monoisotopic (exact) mass is 483 g/mol. The van der Waals surface area contributed by atoms with Crippen molar-refractivity contribution in [1.82, 2.24) is 14.2 Å². The number of carbonyl (C=O) groups excluding carboxylic acids is 1. The Kier molecular flexibility index (Phi) is 5.80. The van der Waals surface area contributed by atoms with Crippen LogP contribution in [0.1, 0.15) is 23.2 Å². The van der Waals surface area contributed by atoms with Crippen molar-refractivity contribution >= 4 is 38.6 Å². The molecule has 9 heteroatoms. The standard InChI is InChI=1S/C24H25N3O4S2/c1-31-20-8-2-6-19(17-20)23(28)27-15-16-32-24(27)10-13-26(14-11-24)33(29,30)21-9-3-5-18-7-4-12-25-22(18)21/h2-9,12,17H,10-11,13-16H2,1H3. The van der Waals surface area contributed by atoms with Crippen molar-refractivity contribution in [2.75, 3.05) is 32.5 Å². The molecule has 5 rings (SSSR count). The van der Waals surface area contributed by atoms with E-state index in [1.165, 1.54) is 4.31 Å². The zero-order valence-corrected chi connectivity index (χ0v) is 19.9. The van der Waals surface area contributed by atoms with E-state index >= 15 is 0 Å². The maximum absolute atomic E-state index is 13.5. The molecule has 1 amide bonds. The number of fused-ring (bicyclic) bond motifs is 1. The first-order valence-electron chi connectivity index (χ1n) is 10.9. The van der Waals surface area contributed by atoms with E-state index in [-0.39, 0.29) is 15.7 Å². The number of methoxy groups -OCH3 is 1. The van der Waals surface area contributed by atoms with Gasteiger partial charge in [-0.1, -0.05) is 24.3 Å². The predicted octanol–water partition coefficient (Wildman–Crippen LogP) is 3.61. The molecule has 0 saturated carbocycles. The Morgan fingerprint density at radius 3 is 2.61 bits per heavy atom. The van der Waals surface area contributed by atoms with Crippen LogP contribution >= 0.6 is 11.8 Å². The highest BCUT2D eigenvalue weighted by molar-refractivity contribution is 8.00. The molecule has 2 aliphatic rings. The van der Waals surface area contributed by atoms with Gasteiger partial charge in [0.15, 0.2) is 0 Å². The summed E-state index contributed by atoms with van der Waals surface area (Å²) in [6, 6.07) is 16.1. The Morgan fingerprint density at radius 1 is 1.06 bits per heavy atom. The van der Waals surface area contributed by atoms with E-state index in [4.69, 9.17) is 4.74 Å². The van der Waals surface area contributed by atoms with Crippen LogP contribution in [0.2, 0.25) is 0 Å². The topological polar surface area (TPSA) is 79.8 Å². The molecule has 1 spiro atoms. The lowest BCUT2D eigenvalue weighted by molar-refractivity contribution is 0.0605. The van der Waals surface area contributed by atoms with Gasteiger partial charge in [0.05, 0.1) is 17.5 Å². The van der Waals surface area contributed by atoms with Crippen LogP contribution in [0, 0.1) is 0 Å². The van der Waals surface area contributed by atoms with Crippen molar-refractivity contribution in [2.24, 2.45) is 0 Å². The largest absolute Gasteiger partial charge is 0.497 e. The Morgan fingerprint density at radius 2 is 1.82 bits per heavy atom. The summed E-state index contributed by atoms with van der Waals surface area (Å²) in [5, 5.41) is 0.800. The average Bonchev–Trinajstić information content (AvgIpc) is 3.26. The molecule has 7 nitrogen and oxygen atoms in total. The first kappa shape index (κ1) is 22.2. The van der Waals surface area contributed by atoms with Gasteiger partial charge in [-0.2, -0.15) is 4.31 Å². The molecule has 3 aromatic rings. The molecule has 33 heavy (non-hydrogen) atoms. The minimum atomic E-state index is -3.69. The van der Waals surface area contributed by atoms with Crippen LogP contribution in [-0.4, -0.2) is 65.9 Å². The number of aromatic nitrogens is 1. The molecule has 3 heterocycles. The number of thioether (sulfide) groups is 1. The number of hydrogen-bond donors (Lipinski definition) is 0. The highest BCUT2D eigenvalue weighted by Gasteiger charge is 2.48. The van der Waals surface area contributed by atoms with Crippen molar-refractivity contribution in [2.45, 2.75) is 22.6 Å². The van der Waals surface area contributed by atoms with E-state index in [1.807, 2.05) is 29.2 Å². The molecule has 2 fully saturated rings. The molecule has 172 valence electrons. The number of piperidine rings is 1. The van der Waals surface area contributed by atoms with Crippen LogP contribution in [-0.2, 0) is 10.0 Å². The van der Waals surface area contributed by atoms with E-state index in [0.717, 1.165) is 11.1 Å². The molecule has 0 aliphatic carbocycles. The zero-order chi connectivity index (χ0) is 23.1. The number of hydrogen-bond acceptors (Lipinski definition) is 6. The lowest BCUT2D eigenvalue weighted by atomic mass is 10.0. The number of sulfonamides is 1. The van der Waals surface area contributed by atoms with Crippen LogP contribution in [0.15, 0.2) is 65.7 Å². The summed E-state index contributed by atoms with van der Waals surface area (Å²) in [6.45, 7) is 1.38. The van der Waals surface area contributed by atoms with E-state index in [2.05, 4.69) is 4.98 Å². The van der Waals surface area contributed by atoms with E-state index in [0.29, 0.717) is 49.3 Å². The third kappa shape index (κ3) is 3.88. The first-order chi connectivity index (χ1) is 15.9. The van der Waals surface area contributed by atoms with Gasteiger partial charge in [-0.15, -0.1) is 11.8 Å². The van der Waals surface area contributed by atoms with Crippen molar-refractivity contribution in [3.63, 3.8) is 0 Å². The van der Waals surface area contributed by atoms with Gasteiger partial charge in [0.25, 0.3) is 5.91 Å². The lowest BCUT2D eigenvalue weighted by Crippen LogP contribution is -2.53. The molecular formula is C24H25N3O4S2. The van der Waals surface area contributed by atoms with Gasteiger partial charge in [0.2, 0.25) is 10.0 Å². The Bertz CT molecular complexity index is 1300. The maximum Gasteiger partial charge on any atom is 0.255 e. The fourth-order valence-corrected chi connectivity index (χ4v) is 7.78. The van der Waals surface area contributed by atoms with E-state index in [1.54, 1.807) is 55.4 Å². The number of benzene rings is 2. The van der Waals surface area contributed by atoms with E-state index < -0.39 is 10.0 Å². The molecule has 0 bridgehead atoms. The highest BCUT2D eigenvalue weighted by Crippen LogP contribution is 2.45. The van der Waals surface area contributed by atoms with Gasteiger partial charge in [0, 0.05) is 42.5 Å². The van der Waals surface area contributed by atoms with Gasteiger partial charge in [0.1, 0.15) is 10.6 Å². The van der Waals surface area contributed by atoms with Crippen molar-refractivity contribution in [1.29, 1.82) is 0 Å². The third-order valence-electron chi connectivity index (χ3n) is 6.46. The Balaban J connectivity index is 1.38. The number of pyridine rings is 1. The molecule has 0 N–H and O–H groups in total. The SMILES string of the molecule is COc1cccc(C(=O)N2CCSC23CCN(S(=O)(=O)c2cccc4cccnc24)CC3)c1. The zero-order valence-electron chi connectivity index (χ0n) is 18.3. The summed E-state index contributed by atoms with van der Waals surface area (Å²) in [4.78, 5) is 19.5. The molecule has 2 aromatic carbocycles. The summed E-state index contributed by atoms with van der Waals surface area (Å²) >= 11 is 1.76. The van der Waals surface area contributed by atoms with Crippen molar-refractivity contribution in [3.05, 3.63) is 66.4 Å². The second-order valence-corrected chi connectivity index (χ2v) is 11.6. The molecule has 1 aromatic heterocycles. The third-order valence-corrected chi connectivity index (χ3v) is 9.94. The van der Waals surface area contributed by atoms with Gasteiger partial charge >= 0.3 is 0 Å². The summed E-state index contributed by atoms with van der Waals surface area (Å²) < 4.78 is 33.8. The summed E-state index contributed by atoms with van der Waals surface area (Å²) in [7, 11) is -2.11. The van der Waals surface area contributed by atoms with Gasteiger partial charge in [-0.3, -0.25) is 9.78 Å². The summed E-state index contributed by atoms with van der Waals surface area (Å²) in [5.41, 5.74) is 1.08. The number of nitrogens with zero attached hydrogens (tertiary/aromatic N) is 3. The molecular weight excluding hydrogens is 458 g/mol. The number of amides is 1. The molecule has 0 atom stereocenters. The molecule has 0 radical (unpaired) electrons. The average molecular weight is 484 g/mol. The van der Waals surface area contributed by atoms with Crippen LogP contribution in [0.25, 0.3) is 10.9 Å². The molecule has 0 unspecified atom stereocenters. The fourth-order valence-electron chi connectivity index (χ4n) is 4.72. The van der Waals surface area contributed by atoms with Crippen molar-refractivity contribution < 1.29 is 17.9 Å². The number of carbonyl (C=O) groups is 1. The summed E-state index contributed by atoms with van der Waals surface area (Å²) in [6.07, 6.45) is 2.79. The quantitative estimate of drug-likeness (QED) is 0.564. The molecule has 2 saturated heterocycles. The Labute approximate surface area is 197 Å². The first-order valence-corrected chi connectivity index (χ1v) is 13.3. The molecule has 2 aliphatic heterocycles. The minimum absolute atomic E-state index is 0.0338. The summed E-state index contributed by atoms with van der Waals surface area (Å²) in [5.74, 6) is 1.45. The fraction of sp³-hybridized carbons (Fsp3) is 0.333. The predicted molar refractivity (Wildman–Crippen MR) is 129 cm³/mol. The van der Waals surface area contributed by atoms with Crippen LogP contribution in [0.3, 0.4) is 0 Å². The smallest absolute Gasteiger partial charge is 0.255 e. The number of rotatable bonds is 4. The van der Waals surface area contributed by atoms with E-state index in [9.17, 15) is 13.2 Å².